The Labute approximate surface area is 166 Å². The summed E-state index contributed by atoms with van der Waals surface area (Å²) in [6.45, 7) is 3.31. The highest BCUT2D eigenvalue weighted by atomic mass is 32.2. The van der Waals surface area contributed by atoms with Gasteiger partial charge in [-0.15, -0.1) is 11.3 Å². The first-order valence-corrected chi connectivity index (χ1v) is 10.1. The Balaban J connectivity index is 1.58. The van der Waals surface area contributed by atoms with Crippen LogP contribution < -0.4 is 10.6 Å². The number of hydrogen-bond donors (Lipinski definition) is 2. The van der Waals surface area contributed by atoms with Gasteiger partial charge in [0, 0.05) is 29.2 Å². The molecule has 7 heteroatoms. The summed E-state index contributed by atoms with van der Waals surface area (Å²) in [5.74, 6) is -0.223. The summed E-state index contributed by atoms with van der Waals surface area (Å²) in [6, 6.07) is 17.0. The van der Waals surface area contributed by atoms with E-state index in [1.165, 1.54) is 30.0 Å². The highest BCUT2D eigenvalue weighted by Crippen LogP contribution is 2.31. The summed E-state index contributed by atoms with van der Waals surface area (Å²) in [7, 11) is 0. The smallest absolute Gasteiger partial charge is 0.237 e. The number of thiazole rings is 1. The van der Waals surface area contributed by atoms with E-state index < -0.39 is 0 Å². The van der Waals surface area contributed by atoms with Crippen LogP contribution in [-0.2, 0) is 9.59 Å². The molecule has 0 aliphatic heterocycles. The van der Waals surface area contributed by atoms with E-state index in [0.29, 0.717) is 11.4 Å². The van der Waals surface area contributed by atoms with Gasteiger partial charge < -0.3 is 10.6 Å². The number of carbonyl (C=O) groups excluding carboxylic acids is 2. The zero-order valence-electron chi connectivity index (χ0n) is 14.9. The fraction of sp³-hybridized carbons (Fsp3) is 0.150. The number of nitrogens with zero attached hydrogens (tertiary/aromatic N) is 1. The summed E-state index contributed by atoms with van der Waals surface area (Å²) in [4.78, 5) is 28.1. The quantitative estimate of drug-likeness (QED) is 0.581. The molecule has 0 aliphatic carbocycles. The van der Waals surface area contributed by atoms with E-state index in [1.54, 1.807) is 24.3 Å². The monoisotopic (exact) mass is 397 g/mol. The summed E-state index contributed by atoms with van der Waals surface area (Å²) >= 11 is 2.97. The minimum absolute atomic E-state index is 0.0938. The predicted molar refractivity (Wildman–Crippen MR) is 112 cm³/mol. The van der Waals surface area contributed by atoms with Crippen LogP contribution in [0.2, 0.25) is 0 Å². The summed E-state index contributed by atoms with van der Waals surface area (Å²) in [5, 5.41) is 7.30. The Hall–Kier alpha value is -2.64. The zero-order valence-corrected chi connectivity index (χ0v) is 16.6. The van der Waals surface area contributed by atoms with E-state index in [4.69, 9.17) is 0 Å². The highest BCUT2D eigenvalue weighted by molar-refractivity contribution is 8.02. The fourth-order valence-electron chi connectivity index (χ4n) is 2.34. The third kappa shape index (κ3) is 5.42. The van der Waals surface area contributed by atoms with Crippen LogP contribution in [0.25, 0.3) is 11.3 Å². The average Bonchev–Trinajstić information content (AvgIpc) is 3.12. The summed E-state index contributed by atoms with van der Waals surface area (Å²) < 4.78 is 0.859. The largest absolute Gasteiger partial charge is 0.326 e. The van der Waals surface area contributed by atoms with Crippen molar-refractivity contribution in [1.82, 2.24) is 4.98 Å². The molecule has 1 heterocycles. The molecule has 2 N–H and O–H groups in total. The number of rotatable bonds is 6. The lowest BCUT2D eigenvalue weighted by atomic mass is 10.2. The molecule has 0 aliphatic rings. The number of aromatic nitrogens is 1. The molecule has 27 heavy (non-hydrogen) atoms. The van der Waals surface area contributed by atoms with Gasteiger partial charge in [0.25, 0.3) is 0 Å². The molecular weight excluding hydrogens is 378 g/mol. The van der Waals surface area contributed by atoms with Gasteiger partial charge in [-0.3, -0.25) is 9.59 Å². The van der Waals surface area contributed by atoms with E-state index in [1.807, 2.05) is 42.6 Å². The maximum atomic E-state index is 12.4. The molecule has 138 valence electrons. The van der Waals surface area contributed by atoms with Gasteiger partial charge in [0.15, 0.2) is 4.34 Å². The van der Waals surface area contributed by atoms with E-state index in [9.17, 15) is 9.59 Å². The Morgan fingerprint density at radius 3 is 2.26 bits per heavy atom. The SMILES string of the molecule is CC(=O)Nc1ccc(NC(=O)C(C)Sc2nc(-c3ccccc3)cs2)cc1. The second-order valence-corrected chi connectivity index (χ2v) is 8.32. The standard InChI is InChI=1S/C20H19N3O2S2/c1-13(19(25)22-17-10-8-16(9-11-17)21-14(2)24)27-20-23-18(12-26-20)15-6-4-3-5-7-15/h3-13H,1-2H3,(H,21,24)(H,22,25). The molecule has 0 fully saturated rings. The van der Waals surface area contributed by atoms with E-state index in [-0.39, 0.29) is 17.1 Å². The Morgan fingerprint density at radius 2 is 1.63 bits per heavy atom. The Morgan fingerprint density at radius 1 is 1.00 bits per heavy atom. The van der Waals surface area contributed by atoms with Crippen molar-refractivity contribution in [1.29, 1.82) is 0 Å². The molecular formula is C20H19N3O2S2. The molecule has 2 aromatic carbocycles. The number of anilines is 2. The van der Waals surface area contributed by atoms with Gasteiger partial charge in [-0.2, -0.15) is 0 Å². The van der Waals surface area contributed by atoms with Gasteiger partial charge in [0.2, 0.25) is 11.8 Å². The summed E-state index contributed by atoms with van der Waals surface area (Å²) in [5.41, 5.74) is 3.37. The van der Waals surface area contributed by atoms with Gasteiger partial charge in [-0.1, -0.05) is 42.1 Å². The van der Waals surface area contributed by atoms with Crippen molar-refractivity contribution in [3.63, 3.8) is 0 Å². The normalized spacial score (nSPS) is 11.6. The van der Waals surface area contributed by atoms with E-state index in [0.717, 1.165) is 15.6 Å². The van der Waals surface area contributed by atoms with Gasteiger partial charge >= 0.3 is 0 Å². The van der Waals surface area contributed by atoms with Gasteiger partial charge in [0.05, 0.1) is 10.9 Å². The Bertz CT molecular complexity index is 924. The van der Waals surface area contributed by atoms with Crippen molar-refractivity contribution < 1.29 is 9.59 Å². The lowest BCUT2D eigenvalue weighted by Crippen LogP contribution is -2.22. The first-order valence-electron chi connectivity index (χ1n) is 8.37. The van der Waals surface area contributed by atoms with Crippen molar-refractivity contribution in [2.45, 2.75) is 23.4 Å². The maximum Gasteiger partial charge on any atom is 0.237 e. The number of nitrogens with one attached hydrogen (secondary N) is 2. The van der Waals surface area contributed by atoms with E-state index in [2.05, 4.69) is 15.6 Å². The minimum atomic E-state index is -0.283. The van der Waals surface area contributed by atoms with Gasteiger partial charge in [-0.05, 0) is 31.2 Å². The molecule has 0 saturated carbocycles. The average molecular weight is 398 g/mol. The van der Waals surface area contributed by atoms with Crippen molar-refractivity contribution in [2.24, 2.45) is 0 Å². The van der Waals surface area contributed by atoms with Crippen LogP contribution in [0, 0.1) is 0 Å². The molecule has 3 rings (SSSR count). The first-order chi connectivity index (χ1) is 13.0. The minimum Gasteiger partial charge on any atom is -0.326 e. The van der Waals surface area contributed by atoms with Crippen LogP contribution in [0.5, 0.6) is 0 Å². The van der Waals surface area contributed by atoms with Crippen molar-refractivity contribution in [2.75, 3.05) is 10.6 Å². The highest BCUT2D eigenvalue weighted by Gasteiger charge is 2.17. The molecule has 5 nitrogen and oxygen atoms in total. The van der Waals surface area contributed by atoms with Crippen LogP contribution in [0.3, 0.4) is 0 Å². The number of carbonyl (C=O) groups is 2. The third-order valence-corrected chi connectivity index (χ3v) is 5.74. The molecule has 0 spiro atoms. The van der Waals surface area contributed by atoms with Crippen LogP contribution >= 0.6 is 23.1 Å². The van der Waals surface area contributed by atoms with Gasteiger partial charge in [0.1, 0.15) is 0 Å². The van der Waals surface area contributed by atoms with E-state index >= 15 is 0 Å². The molecule has 1 aromatic heterocycles. The lowest BCUT2D eigenvalue weighted by Gasteiger charge is -2.11. The number of benzene rings is 2. The van der Waals surface area contributed by atoms with Gasteiger partial charge in [-0.25, -0.2) is 4.98 Å². The topological polar surface area (TPSA) is 71.1 Å². The van der Waals surface area contributed by atoms with Crippen LogP contribution in [0.4, 0.5) is 11.4 Å². The van der Waals surface area contributed by atoms with Crippen molar-refractivity contribution >= 4 is 46.3 Å². The first kappa shape index (κ1) is 19.1. The van der Waals surface area contributed by atoms with Crippen LogP contribution in [-0.4, -0.2) is 22.0 Å². The maximum absolute atomic E-state index is 12.4. The van der Waals surface area contributed by atoms with Crippen molar-refractivity contribution in [3.8, 4) is 11.3 Å². The lowest BCUT2D eigenvalue weighted by molar-refractivity contribution is -0.115. The third-order valence-electron chi connectivity index (χ3n) is 3.67. The summed E-state index contributed by atoms with van der Waals surface area (Å²) in [6.07, 6.45) is 0. The molecule has 1 unspecified atom stereocenters. The predicted octanol–water partition coefficient (Wildman–Crippen LogP) is 4.89. The second kappa shape index (κ2) is 8.83. The van der Waals surface area contributed by atoms with Crippen molar-refractivity contribution in [3.05, 3.63) is 60.0 Å². The number of amides is 2. The molecule has 3 aromatic rings. The zero-order chi connectivity index (χ0) is 19.2. The Kier molecular flexibility index (Phi) is 6.26. The second-order valence-electron chi connectivity index (χ2n) is 5.87. The fourth-order valence-corrected chi connectivity index (χ4v) is 4.31. The molecule has 0 bridgehead atoms. The van der Waals surface area contributed by atoms with Crippen LogP contribution in [0.15, 0.2) is 64.3 Å². The number of hydrogen-bond acceptors (Lipinski definition) is 5. The number of thioether (sulfide) groups is 1. The molecule has 1 atom stereocenters. The van der Waals surface area contributed by atoms with Crippen LogP contribution in [0.1, 0.15) is 13.8 Å². The molecule has 0 radical (unpaired) electrons. The molecule has 0 saturated heterocycles. The molecule has 2 amide bonds.